The van der Waals surface area contributed by atoms with Gasteiger partial charge in [-0.2, -0.15) is 0 Å². The number of pyridine rings is 1. The van der Waals surface area contributed by atoms with E-state index in [4.69, 9.17) is 5.73 Å². The number of benzene rings is 2. The molecule has 0 saturated heterocycles. The van der Waals surface area contributed by atoms with Crippen molar-refractivity contribution in [1.82, 2.24) is 29.5 Å². The average molecular weight is 625 g/mol. The monoisotopic (exact) mass is 623 g/mol. The normalized spacial score (nSPS) is 11.8. The third-order valence-electron chi connectivity index (χ3n) is 6.59. The molecule has 9 nitrogen and oxygen atoms in total. The van der Waals surface area contributed by atoms with E-state index < -0.39 is 11.9 Å². The number of para-hydroxylation sites is 1. The Labute approximate surface area is 246 Å². The predicted octanol–water partition coefficient (Wildman–Crippen LogP) is 5.03. The Morgan fingerprint density at radius 3 is 2.68 bits per heavy atom. The van der Waals surface area contributed by atoms with Gasteiger partial charge in [-0.25, -0.2) is 9.50 Å². The van der Waals surface area contributed by atoms with Crippen LogP contribution in [0.1, 0.15) is 45.2 Å². The molecule has 1 amide bonds. The molecule has 4 aromatic heterocycles. The summed E-state index contributed by atoms with van der Waals surface area (Å²) in [6.45, 7) is 3.64. The molecule has 2 aromatic carbocycles. The quantitative estimate of drug-likeness (QED) is 0.266. The van der Waals surface area contributed by atoms with Gasteiger partial charge in [0.25, 0.3) is 11.5 Å². The van der Waals surface area contributed by atoms with Gasteiger partial charge in [0.05, 0.1) is 33.7 Å². The Bertz CT molecular complexity index is 2070. The molecule has 0 saturated carbocycles. The maximum absolute atomic E-state index is 14.3. The van der Waals surface area contributed by atoms with E-state index in [0.29, 0.717) is 37.8 Å². The number of nitrogens with one attached hydrogen (secondary N) is 1. The van der Waals surface area contributed by atoms with Gasteiger partial charge in [-0.1, -0.05) is 36.3 Å². The maximum Gasteiger partial charge on any atom is 0.264 e. The van der Waals surface area contributed by atoms with E-state index in [1.54, 1.807) is 28.5 Å². The molecule has 0 bridgehead atoms. The molecule has 3 N–H and O–H groups in total. The number of nitrogen functional groups attached to an aromatic ring is 1. The lowest BCUT2D eigenvalue weighted by Crippen LogP contribution is -2.33. The Hall–Kier alpha value is -4.79. The Morgan fingerprint density at radius 2 is 1.93 bits per heavy atom. The van der Waals surface area contributed by atoms with E-state index in [1.807, 2.05) is 62.4 Å². The number of nitrogens with zero attached hydrogens (tertiary/aromatic N) is 5. The zero-order chi connectivity index (χ0) is 28.7. The van der Waals surface area contributed by atoms with E-state index in [0.717, 1.165) is 10.6 Å². The number of fused-ring (bicyclic) bond motifs is 2. The van der Waals surface area contributed by atoms with Crippen LogP contribution < -0.4 is 16.6 Å². The topological polar surface area (TPSA) is 120 Å². The number of aryl methyl sites for hydroxylation is 1. The fourth-order valence-corrected chi connectivity index (χ4v) is 6.06. The van der Waals surface area contributed by atoms with E-state index >= 15 is 0 Å². The van der Waals surface area contributed by atoms with Crippen molar-refractivity contribution in [3.8, 4) is 17.5 Å². The summed E-state index contributed by atoms with van der Waals surface area (Å²) in [4.78, 5) is 37.2. The van der Waals surface area contributed by atoms with Crippen LogP contribution in [0.2, 0.25) is 0 Å². The second-order valence-electron chi connectivity index (χ2n) is 9.31. The summed E-state index contributed by atoms with van der Waals surface area (Å²) in [5.74, 6) is 5.86. The summed E-state index contributed by atoms with van der Waals surface area (Å²) in [7, 11) is 0. The number of carbonyl (C=O) groups excluding carboxylic acids is 1. The molecule has 0 spiro atoms. The maximum atomic E-state index is 14.3. The second kappa shape index (κ2) is 10.6. The molecule has 0 aliphatic rings. The molecule has 0 fully saturated rings. The number of hydrogen-bond donors (Lipinski definition) is 2. The van der Waals surface area contributed by atoms with Crippen LogP contribution in [0.3, 0.4) is 0 Å². The minimum Gasteiger partial charge on any atom is -0.381 e. The number of aromatic nitrogens is 5. The first-order valence-corrected chi connectivity index (χ1v) is 14.3. The zero-order valence-corrected chi connectivity index (χ0v) is 24.3. The van der Waals surface area contributed by atoms with Gasteiger partial charge in [-0.05, 0) is 60.0 Å². The minimum atomic E-state index is -0.625. The summed E-state index contributed by atoms with van der Waals surface area (Å²) in [6, 6.07) is 16.0. The van der Waals surface area contributed by atoms with Gasteiger partial charge in [-0.15, -0.1) is 16.4 Å². The van der Waals surface area contributed by atoms with Crippen LogP contribution in [0.15, 0.2) is 81.8 Å². The Balaban J connectivity index is 1.52. The van der Waals surface area contributed by atoms with Crippen molar-refractivity contribution >= 4 is 55.4 Å². The van der Waals surface area contributed by atoms with Gasteiger partial charge in [-0.3, -0.25) is 19.1 Å². The molecule has 0 aliphatic carbocycles. The van der Waals surface area contributed by atoms with Crippen molar-refractivity contribution in [2.75, 3.05) is 5.73 Å². The Kier molecular flexibility index (Phi) is 6.86. The van der Waals surface area contributed by atoms with Gasteiger partial charge < -0.3 is 11.1 Å². The average Bonchev–Trinajstić information content (AvgIpc) is 3.60. The number of thiazole rings is 1. The largest absolute Gasteiger partial charge is 0.381 e. The van der Waals surface area contributed by atoms with E-state index in [2.05, 4.69) is 48.2 Å². The van der Waals surface area contributed by atoms with Crippen LogP contribution in [-0.2, 0) is 0 Å². The number of anilines is 1. The summed E-state index contributed by atoms with van der Waals surface area (Å²) in [5.41, 5.74) is 10.7. The van der Waals surface area contributed by atoms with Gasteiger partial charge in [0.1, 0.15) is 5.56 Å². The molecule has 0 aliphatic heterocycles. The highest BCUT2D eigenvalue weighted by Crippen LogP contribution is 2.33. The van der Waals surface area contributed by atoms with Crippen molar-refractivity contribution < 1.29 is 4.79 Å². The molecule has 4 heterocycles. The first-order chi connectivity index (χ1) is 19.8. The van der Waals surface area contributed by atoms with Crippen molar-refractivity contribution in [3.63, 3.8) is 0 Å². The number of hydrogen-bond acceptors (Lipinski definition) is 7. The lowest BCUT2D eigenvalue weighted by molar-refractivity contribution is 0.0941. The minimum absolute atomic E-state index is 0.0648. The highest BCUT2D eigenvalue weighted by Gasteiger charge is 2.26. The number of nitrogens with two attached hydrogens (primary N) is 1. The molecule has 1 atom stereocenters. The third kappa shape index (κ3) is 4.77. The van der Waals surface area contributed by atoms with Gasteiger partial charge in [0.2, 0.25) is 0 Å². The van der Waals surface area contributed by atoms with Crippen molar-refractivity contribution in [2.24, 2.45) is 0 Å². The van der Waals surface area contributed by atoms with Gasteiger partial charge in [0, 0.05) is 33.0 Å². The molecule has 202 valence electrons. The lowest BCUT2D eigenvalue weighted by atomic mass is 10.0. The molecular formula is C30H22BrN7O2S. The predicted molar refractivity (Wildman–Crippen MR) is 163 cm³/mol. The summed E-state index contributed by atoms with van der Waals surface area (Å²) >= 11 is 5.20. The van der Waals surface area contributed by atoms with Crippen LogP contribution >= 0.6 is 27.3 Å². The van der Waals surface area contributed by atoms with Crippen molar-refractivity contribution in [1.29, 1.82) is 0 Å². The number of halogens is 1. The highest BCUT2D eigenvalue weighted by molar-refractivity contribution is 9.10. The lowest BCUT2D eigenvalue weighted by Gasteiger charge is -2.23. The molecular weight excluding hydrogens is 602 g/mol. The summed E-state index contributed by atoms with van der Waals surface area (Å²) < 4.78 is 3.74. The fourth-order valence-electron chi connectivity index (χ4n) is 4.74. The number of carbonyl (C=O) groups is 1. The molecule has 6 rings (SSSR count). The molecule has 6 aromatic rings. The Morgan fingerprint density at radius 1 is 1.12 bits per heavy atom. The van der Waals surface area contributed by atoms with Crippen LogP contribution in [-0.4, -0.2) is 30.1 Å². The standard InChI is InChI=1S/C30H22BrN7O2S/c1-17-13-14-37-28(34-17)24(27(32)36-37)29(39)35-18(2)26-25(31)22-10-6-7-19(11-12-21-15-33-16-41-21)23(22)30(40)38(26)20-8-4-3-5-9-20/h3-10,13-16,18H,1-2H3,(H2,32,36)(H,35,39)/t18-/m1/s1. The van der Waals surface area contributed by atoms with Crippen molar-refractivity contribution in [2.45, 2.75) is 19.9 Å². The molecule has 0 unspecified atom stereocenters. The van der Waals surface area contributed by atoms with Gasteiger partial charge >= 0.3 is 0 Å². The van der Waals surface area contributed by atoms with Crippen molar-refractivity contribution in [3.05, 3.63) is 115 Å². The van der Waals surface area contributed by atoms with Crippen LogP contribution in [0.4, 0.5) is 5.82 Å². The summed E-state index contributed by atoms with van der Waals surface area (Å²) in [6.07, 6.45) is 3.40. The zero-order valence-electron chi connectivity index (χ0n) is 21.9. The molecule has 41 heavy (non-hydrogen) atoms. The number of rotatable bonds is 4. The van der Waals surface area contributed by atoms with Crippen LogP contribution in [0.5, 0.6) is 0 Å². The van der Waals surface area contributed by atoms with Crippen LogP contribution in [0.25, 0.3) is 22.1 Å². The third-order valence-corrected chi connectivity index (χ3v) is 8.11. The van der Waals surface area contributed by atoms with E-state index in [-0.39, 0.29) is 16.9 Å². The van der Waals surface area contributed by atoms with E-state index in [9.17, 15) is 9.59 Å². The SMILES string of the molecule is Cc1ccn2nc(N)c(C(=O)N[C@H](C)c3c(Br)c4cccc(C#Cc5cncs5)c4c(=O)n3-c3ccccc3)c2n1. The smallest absolute Gasteiger partial charge is 0.264 e. The fraction of sp³-hybridized carbons (Fsp3) is 0.100. The van der Waals surface area contributed by atoms with Crippen LogP contribution in [0, 0.1) is 18.8 Å². The first kappa shape index (κ1) is 26.4. The first-order valence-electron chi connectivity index (χ1n) is 12.6. The van der Waals surface area contributed by atoms with E-state index in [1.165, 1.54) is 15.9 Å². The highest BCUT2D eigenvalue weighted by atomic mass is 79.9. The second-order valence-corrected chi connectivity index (χ2v) is 11.0. The summed E-state index contributed by atoms with van der Waals surface area (Å²) in [5, 5.41) is 8.40. The number of amides is 1. The van der Waals surface area contributed by atoms with Gasteiger partial charge in [0.15, 0.2) is 11.5 Å². The molecule has 11 heteroatoms. The molecule has 0 radical (unpaired) electrons.